The van der Waals surface area contributed by atoms with Crippen LogP contribution in [0.3, 0.4) is 0 Å². The first-order valence-electron chi connectivity index (χ1n) is 5.62. The first-order valence-corrected chi connectivity index (χ1v) is 5.62. The van der Waals surface area contributed by atoms with Gasteiger partial charge in [0.2, 0.25) is 0 Å². The topological polar surface area (TPSA) is 66.6 Å². The van der Waals surface area contributed by atoms with E-state index in [1.54, 1.807) is 36.2 Å². The molecule has 0 amide bonds. The Morgan fingerprint density at radius 3 is 2.58 bits per heavy atom. The Morgan fingerprint density at radius 2 is 1.95 bits per heavy atom. The van der Waals surface area contributed by atoms with Gasteiger partial charge in [0.05, 0.1) is 11.3 Å². The van der Waals surface area contributed by atoms with E-state index in [9.17, 15) is 9.18 Å². The van der Waals surface area contributed by atoms with E-state index >= 15 is 0 Å². The fourth-order valence-corrected chi connectivity index (χ4v) is 1.80. The normalized spacial score (nSPS) is 10.2. The van der Waals surface area contributed by atoms with Crippen molar-refractivity contribution in [1.29, 1.82) is 0 Å². The Morgan fingerprint density at radius 1 is 1.26 bits per heavy atom. The monoisotopic (exact) mass is 260 g/mol. The van der Waals surface area contributed by atoms with Gasteiger partial charge in [0.15, 0.2) is 0 Å². The first kappa shape index (κ1) is 12.9. The van der Waals surface area contributed by atoms with E-state index in [0.29, 0.717) is 11.4 Å². The molecule has 4 nitrogen and oxygen atoms in total. The number of para-hydroxylation sites is 1. The van der Waals surface area contributed by atoms with E-state index < -0.39 is 5.97 Å². The summed E-state index contributed by atoms with van der Waals surface area (Å²) in [5.41, 5.74) is 6.68. The van der Waals surface area contributed by atoms with Gasteiger partial charge in [-0.05, 0) is 30.3 Å². The van der Waals surface area contributed by atoms with Gasteiger partial charge in [0.1, 0.15) is 5.82 Å². The zero-order valence-electron chi connectivity index (χ0n) is 10.3. The van der Waals surface area contributed by atoms with E-state index in [-0.39, 0.29) is 17.1 Å². The molecule has 0 saturated carbocycles. The molecule has 98 valence electrons. The van der Waals surface area contributed by atoms with Crippen molar-refractivity contribution in [3.8, 4) is 0 Å². The van der Waals surface area contributed by atoms with Crippen molar-refractivity contribution < 1.29 is 14.3 Å². The van der Waals surface area contributed by atoms with Gasteiger partial charge in [-0.1, -0.05) is 12.1 Å². The molecule has 2 aromatic carbocycles. The van der Waals surface area contributed by atoms with Gasteiger partial charge in [-0.25, -0.2) is 9.18 Å². The average Bonchev–Trinajstić information content (AvgIpc) is 2.38. The van der Waals surface area contributed by atoms with Crippen molar-refractivity contribution >= 4 is 23.0 Å². The Kier molecular flexibility index (Phi) is 3.37. The Hall–Kier alpha value is -2.56. The summed E-state index contributed by atoms with van der Waals surface area (Å²) in [6, 6.07) is 10.8. The largest absolute Gasteiger partial charge is 0.478 e. The maximum Gasteiger partial charge on any atom is 0.337 e. The molecule has 0 aliphatic rings. The molecule has 0 unspecified atom stereocenters. The van der Waals surface area contributed by atoms with Crippen molar-refractivity contribution in [3.63, 3.8) is 0 Å². The summed E-state index contributed by atoms with van der Waals surface area (Å²) in [6.45, 7) is 0. The smallest absolute Gasteiger partial charge is 0.337 e. The summed E-state index contributed by atoms with van der Waals surface area (Å²) < 4.78 is 13.7. The maximum atomic E-state index is 13.7. The minimum Gasteiger partial charge on any atom is -0.478 e. The number of carboxylic acid groups (broad SMARTS) is 1. The van der Waals surface area contributed by atoms with Crippen LogP contribution >= 0.6 is 0 Å². The lowest BCUT2D eigenvalue weighted by atomic mass is 10.1. The number of nitrogens with two attached hydrogens (primary N) is 1. The van der Waals surface area contributed by atoms with Crippen LogP contribution in [0.25, 0.3) is 0 Å². The lowest BCUT2D eigenvalue weighted by Gasteiger charge is -2.20. The highest BCUT2D eigenvalue weighted by atomic mass is 19.1. The first-order chi connectivity index (χ1) is 9.00. The van der Waals surface area contributed by atoms with Crippen LogP contribution in [0.4, 0.5) is 21.5 Å². The summed E-state index contributed by atoms with van der Waals surface area (Å²) >= 11 is 0. The molecule has 0 aromatic heterocycles. The van der Waals surface area contributed by atoms with Gasteiger partial charge in [-0.15, -0.1) is 0 Å². The Balaban J connectivity index is 2.45. The summed E-state index contributed by atoms with van der Waals surface area (Å²) in [5, 5.41) is 9.02. The molecule has 0 radical (unpaired) electrons. The standard InChI is InChI=1S/C14H13FN2O2/c1-17(13-5-3-2-4-11(13)15)9-6-7-12(16)10(8-9)14(18)19/h2-8H,16H2,1H3,(H,18,19). The molecule has 2 rings (SSSR count). The van der Waals surface area contributed by atoms with E-state index in [1.165, 1.54) is 18.2 Å². The summed E-state index contributed by atoms with van der Waals surface area (Å²) in [7, 11) is 1.66. The quantitative estimate of drug-likeness (QED) is 0.833. The maximum absolute atomic E-state index is 13.7. The molecule has 2 aromatic rings. The predicted molar refractivity (Wildman–Crippen MR) is 72.3 cm³/mol. The second-order valence-electron chi connectivity index (χ2n) is 4.09. The minimum absolute atomic E-state index is 0.000638. The average molecular weight is 260 g/mol. The number of anilines is 3. The van der Waals surface area contributed by atoms with Crippen molar-refractivity contribution in [3.05, 3.63) is 53.8 Å². The second kappa shape index (κ2) is 4.97. The zero-order valence-corrected chi connectivity index (χ0v) is 10.3. The molecule has 0 aliphatic heterocycles. The van der Waals surface area contributed by atoms with Gasteiger partial charge in [0, 0.05) is 18.4 Å². The number of aromatic carboxylic acids is 1. The molecule has 0 saturated heterocycles. The fraction of sp³-hybridized carbons (Fsp3) is 0.0714. The van der Waals surface area contributed by atoms with Gasteiger partial charge in [-0.2, -0.15) is 0 Å². The third-order valence-corrected chi connectivity index (χ3v) is 2.87. The van der Waals surface area contributed by atoms with Crippen LogP contribution in [-0.4, -0.2) is 18.1 Å². The number of hydrogen-bond acceptors (Lipinski definition) is 3. The number of benzene rings is 2. The number of rotatable bonds is 3. The highest BCUT2D eigenvalue weighted by Crippen LogP contribution is 2.28. The van der Waals surface area contributed by atoms with Crippen molar-refractivity contribution in [2.45, 2.75) is 0 Å². The van der Waals surface area contributed by atoms with Crippen LogP contribution in [-0.2, 0) is 0 Å². The lowest BCUT2D eigenvalue weighted by Crippen LogP contribution is -2.12. The number of hydrogen-bond donors (Lipinski definition) is 2. The third-order valence-electron chi connectivity index (χ3n) is 2.87. The van der Waals surface area contributed by atoms with E-state index in [0.717, 1.165) is 0 Å². The molecular weight excluding hydrogens is 247 g/mol. The Labute approximate surface area is 109 Å². The third kappa shape index (κ3) is 2.49. The van der Waals surface area contributed by atoms with Gasteiger partial charge in [-0.3, -0.25) is 0 Å². The van der Waals surface area contributed by atoms with Gasteiger partial charge < -0.3 is 15.7 Å². The Bertz CT molecular complexity index is 629. The highest BCUT2D eigenvalue weighted by molar-refractivity contribution is 5.95. The van der Waals surface area contributed by atoms with E-state index in [2.05, 4.69) is 0 Å². The highest BCUT2D eigenvalue weighted by Gasteiger charge is 2.13. The van der Waals surface area contributed by atoms with Gasteiger partial charge in [0.25, 0.3) is 0 Å². The van der Waals surface area contributed by atoms with E-state index in [1.807, 2.05) is 0 Å². The molecule has 3 N–H and O–H groups in total. The lowest BCUT2D eigenvalue weighted by molar-refractivity contribution is 0.0698. The van der Waals surface area contributed by atoms with Crippen molar-refractivity contribution in [2.75, 3.05) is 17.7 Å². The zero-order chi connectivity index (χ0) is 14.0. The SMILES string of the molecule is CN(c1ccc(N)c(C(=O)O)c1)c1ccccc1F. The molecule has 0 heterocycles. The minimum atomic E-state index is -1.11. The number of halogens is 1. The molecule has 0 atom stereocenters. The molecule has 0 aliphatic carbocycles. The van der Waals surface area contributed by atoms with Crippen molar-refractivity contribution in [1.82, 2.24) is 0 Å². The molecule has 0 spiro atoms. The second-order valence-corrected chi connectivity index (χ2v) is 4.09. The summed E-state index contributed by atoms with van der Waals surface area (Å²) in [5.74, 6) is -1.49. The van der Waals surface area contributed by atoms with Gasteiger partial charge >= 0.3 is 5.97 Å². The van der Waals surface area contributed by atoms with Crippen LogP contribution in [0.2, 0.25) is 0 Å². The molecule has 0 bridgehead atoms. The molecular formula is C14H13FN2O2. The van der Waals surface area contributed by atoms with Crippen LogP contribution in [0.1, 0.15) is 10.4 Å². The molecule has 19 heavy (non-hydrogen) atoms. The van der Waals surface area contributed by atoms with E-state index in [4.69, 9.17) is 10.8 Å². The molecule has 5 heteroatoms. The number of nitrogen functional groups attached to an aromatic ring is 1. The summed E-state index contributed by atoms with van der Waals surface area (Å²) in [6.07, 6.45) is 0. The number of carbonyl (C=O) groups is 1. The number of nitrogens with zero attached hydrogens (tertiary/aromatic N) is 1. The van der Waals surface area contributed by atoms with Crippen molar-refractivity contribution in [2.24, 2.45) is 0 Å². The van der Waals surface area contributed by atoms with Crippen LogP contribution in [0.5, 0.6) is 0 Å². The fourth-order valence-electron chi connectivity index (χ4n) is 1.80. The van der Waals surface area contributed by atoms with Crippen LogP contribution in [0, 0.1) is 5.82 Å². The number of carboxylic acids is 1. The van der Waals surface area contributed by atoms with Crippen LogP contribution in [0.15, 0.2) is 42.5 Å². The summed E-state index contributed by atoms with van der Waals surface area (Å²) in [4.78, 5) is 12.6. The molecule has 0 fully saturated rings. The van der Waals surface area contributed by atoms with Crippen LogP contribution < -0.4 is 10.6 Å². The predicted octanol–water partition coefficient (Wildman–Crippen LogP) is 2.87.